The molecule has 0 spiro atoms. The number of aromatic nitrogens is 1. The summed E-state index contributed by atoms with van der Waals surface area (Å²) in [6, 6.07) is 19.6. The van der Waals surface area contributed by atoms with Crippen LogP contribution in [0.2, 0.25) is 0 Å². The van der Waals surface area contributed by atoms with E-state index in [1.54, 1.807) is 0 Å². The fraction of sp³-hybridized carbons (Fsp3) is 0.484. The number of amides is 1. The van der Waals surface area contributed by atoms with Gasteiger partial charge >= 0.3 is 0 Å². The fourth-order valence-electron chi connectivity index (χ4n) is 5.51. The van der Waals surface area contributed by atoms with Crippen LogP contribution < -0.4 is 4.90 Å². The Hall–Kier alpha value is -2.68. The van der Waals surface area contributed by atoms with Crippen LogP contribution in [0.25, 0.3) is 10.9 Å². The van der Waals surface area contributed by atoms with E-state index in [2.05, 4.69) is 82.1 Å². The van der Waals surface area contributed by atoms with Crippen molar-refractivity contribution in [3.63, 3.8) is 0 Å². The Bertz CT molecular complexity index is 1100. The molecule has 0 aliphatic carbocycles. The van der Waals surface area contributed by atoms with Crippen LogP contribution in [0, 0.1) is 23.7 Å². The second kappa shape index (κ2) is 10.7. The molecule has 1 aromatic heterocycles. The van der Waals surface area contributed by atoms with Gasteiger partial charge in [0.15, 0.2) is 0 Å². The van der Waals surface area contributed by atoms with Gasteiger partial charge in [-0.2, -0.15) is 0 Å². The van der Waals surface area contributed by atoms with Gasteiger partial charge in [-0.15, -0.1) is 0 Å². The van der Waals surface area contributed by atoms with Crippen LogP contribution in [-0.4, -0.2) is 16.9 Å². The normalized spacial score (nSPS) is 19.9. The maximum absolute atomic E-state index is 13.2. The molecular weight excluding hydrogens is 416 g/mol. The van der Waals surface area contributed by atoms with Gasteiger partial charge in [-0.3, -0.25) is 9.78 Å². The van der Waals surface area contributed by atoms with Crippen LogP contribution in [0.5, 0.6) is 0 Å². The lowest BCUT2D eigenvalue weighted by atomic mass is 9.79. The summed E-state index contributed by atoms with van der Waals surface area (Å²) >= 11 is 0. The third-order valence-electron chi connectivity index (χ3n) is 8.08. The Morgan fingerprint density at radius 3 is 2.32 bits per heavy atom. The number of para-hydroxylation sites is 1. The zero-order valence-electron chi connectivity index (χ0n) is 21.5. The number of fused-ring (bicyclic) bond motifs is 1. The van der Waals surface area contributed by atoms with Crippen LogP contribution >= 0.6 is 0 Å². The first-order chi connectivity index (χ1) is 16.4. The van der Waals surface area contributed by atoms with Crippen molar-refractivity contribution in [2.45, 2.75) is 72.8 Å². The van der Waals surface area contributed by atoms with Gasteiger partial charge in [0.1, 0.15) is 0 Å². The Labute approximate surface area is 205 Å². The lowest BCUT2D eigenvalue weighted by Crippen LogP contribution is -2.61. The van der Waals surface area contributed by atoms with Crippen molar-refractivity contribution in [2.75, 3.05) is 4.90 Å². The molecular formula is C31H40N2O. The summed E-state index contributed by atoms with van der Waals surface area (Å²) in [6.45, 7) is 11.5. The molecule has 4 atom stereocenters. The molecule has 3 heteroatoms. The van der Waals surface area contributed by atoms with Crippen molar-refractivity contribution >= 4 is 22.5 Å². The quantitative estimate of drug-likeness (QED) is 0.296. The molecule has 4 unspecified atom stereocenters. The number of β-lactam (4-membered cyclic amide) rings is 1. The smallest absolute Gasteiger partial charge is 0.232 e. The van der Waals surface area contributed by atoms with E-state index in [1.807, 2.05) is 23.2 Å². The second-order valence-corrected chi connectivity index (χ2v) is 10.7. The SMILES string of the molecule is CCCC1C(=O)N(c2cccc3cccnc23)C1CCc1ccc(CC(C)C(C)C(C)C)cc1. The summed E-state index contributed by atoms with van der Waals surface area (Å²) in [5.74, 6) is 2.51. The molecule has 0 N–H and O–H groups in total. The molecule has 3 aromatic rings. The molecule has 1 aliphatic heterocycles. The van der Waals surface area contributed by atoms with E-state index in [9.17, 15) is 4.79 Å². The Morgan fingerprint density at radius 1 is 0.912 bits per heavy atom. The van der Waals surface area contributed by atoms with Gasteiger partial charge in [0, 0.05) is 17.6 Å². The summed E-state index contributed by atoms with van der Waals surface area (Å²) in [7, 11) is 0. The van der Waals surface area contributed by atoms with Crippen molar-refractivity contribution < 1.29 is 4.79 Å². The molecule has 3 nitrogen and oxygen atoms in total. The molecule has 180 valence electrons. The number of nitrogens with zero attached hydrogens (tertiary/aromatic N) is 2. The standard InChI is InChI=1S/C31H40N2O/c1-6-9-27-28(33(31(27)34)29-12-7-10-26-11-8-19-32-30(26)29)18-17-24-13-15-25(16-14-24)20-22(4)23(5)21(2)3/h7-8,10-16,19,21-23,27-28H,6,9,17-18,20H2,1-5H3. The fourth-order valence-corrected chi connectivity index (χ4v) is 5.51. The summed E-state index contributed by atoms with van der Waals surface area (Å²) in [4.78, 5) is 19.8. The number of aryl methyl sites for hydroxylation is 1. The van der Waals surface area contributed by atoms with Crippen LogP contribution in [0.15, 0.2) is 60.8 Å². The predicted molar refractivity (Wildman–Crippen MR) is 143 cm³/mol. The zero-order chi connectivity index (χ0) is 24.2. The molecule has 0 saturated carbocycles. The van der Waals surface area contributed by atoms with Gasteiger partial charge in [-0.25, -0.2) is 0 Å². The number of hydrogen-bond acceptors (Lipinski definition) is 2. The largest absolute Gasteiger partial charge is 0.306 e. The highest BCUT2D eigenvalue weighted by Crippen LogP contribution is 2.40. The van der Waals surface area contributed by atoms with Gasteiger partial charge in [-0.05, 0) is 66.7 Å². The highest BCUT2D eigenvalue weighted by molar-refractivity contribution is 6.08. The minimum absolute atomic E-state index is 0.126. The van der Waals surface area contributed by atoms with Crippen LogP contribution in [0.4, 0.5) is 5.69 Å². The minimum Gasteiger partial charge on any atom is -0.306 e. The maximum Gasteiger partial charge on any atom is 0.232 e. The van der Waals surface area contributed by atoms with Gasteiger partial charge in [0.2, 0.25) is 5.91 Å². The number of carbonyl (C=O) groups is 1. The monoisotopic (exact) mass is 456 g/mol. The van der Waals surface area contributed by atoms with Crippen molar-refractivity contribution in [3.8, 4) is 0 Å². The molecule has 2 heterocycles. The first-order valence-corrected chi connectivity index (χ1v) is 13.1. The van der Waals surface area contributed by atoms with Crippen LogP contribution in [0.1, 0.15) is 65.0 Å². The van der Waals surface area contributed by atoms with E-state index in [1.165, 1.54) is 11.1 Å². The predicted octanol–water partition coefficient (Wildman–Crippen LogP) is 7.47. The highest BCUT2D eigenvalue weighted by Gasteiger charge is 2.47. The number of hydrogen-bond donors (Lipinski definition) is 0. The first kappa shape index (κ1) is 24.4. The summed E-state index contributed by atoms with van der Waals surface area (Å²) in [5, 5.41) is 1.09. The highest BCUT2D eigenvalue weighted by atomic mass is 16.2. The number of carbonyl (C=O) groups excluding carboxylic acids is 1. The summed E-state index contributed by atoms with van der Waals surface area (Å²) in [6.07, 6.45) is 6.93. The molecule has 0 bridgehead atoms. The lowest BCUT2D eigenvalue weighted by molar-refractivity contribution is -0.130. The van der Waals surface area contributed by atoms with Gasteiger partial charge < -0.3 is 4.90 Å². The Morgan fingerprint density at radius 2 is 1.62 bits per heavy atom. The van der Waals surface area contributed by atoms with Crippen molar-refractivity contribution in [1.29, 1.82) is 0 Å². The van der Waals surface area contributed by atoms with E-state index in [0.29, 0.717) is 5.92 Å². The van der Waals surface area contributed by atoms with E-state index in [0.717, 1.165) is 60.5 Å². The molecule has 2 aromatic carbocycles. The van der Waals surface area contributed by atoms with E-state index >= 15 is 0 Å². The summed E-state index contributed by atoms with van der Waals surface area (Å²) < 4.78 is 0. The average molecular weight is 457 g/mol. The van der Waals surface area contributed by atoms with Crippen molar-refractivity contribution in [1.82, 2.24) is 4.98 Å². The Kier molecular flexibility index (Phi) is 7.70. The first-order valence-electron chi connectivity index (χ1n) is 13.1. The third-order valence-corrected chi connectivity index (χ3v) is 8.08. The van der Waals surface area contributed by atoms with Crippen molar-refractivity contribution in [2.24, 2.45) is 23.7 Å². The summed E-state index contributed by atoms with van der Waals surface area (Å²) in [5.41, 5.74) is 4.67. The molecule has 1 aliphatic rings. The minimum atomic E-state index is 0.126. The number of rotatable bonds is 10. The zero-order valence-corrected chi connectivity index (χ0v) is 21.5. The number of pyridine rings is 1. The topological polar surface area (TPSA) is 33.2 Å². The van der Waals surface area contributed by atoms with E-state index in [-0.39, 0.29) is 17.9 Å². The Balaban J connectivity index is 1.46. The van der Waals surface area contributed by atoms with Gasteiger partial charge in [-0.1, -0.05) is 83.5 Å². The number of benzene rings is 2. The van der Waals surface area contributed by atoms with Crippen molar-refractivity contribution in [3.05, 3.63) is 71.9 Å². The van der Waals surface area contributed by atoms with Crippen LogP contribution in [0.3, 0.4) is 0 Å². The van der Waals surface area contributed by atoms with Gasteiger partial charge in [0.05, 0.1) is 17.1 Å². The lowest BCUT2D eigenvalue weighted by Gasteiger charge is -2.47. The molecule has 0 radical (unpaired) electrons. The maximum atomic E-state index is 13.2. The molecule has 1 fully saturated rings. The van der Waals surface area contributed by atoms with E-state index in [4.69, 9.17) is 0 Å². The third kappa shape index (κ3) is 5.04. The molecule has 1 amide bonds. The molecule has 1 saturated heterocycles. The van der Waals surface area contributed by atoms with E-state index < -0.39 is 0 Å². The molecule has 34 heavy (non-hydrogen) atoms. The molecule has 4 rings (SSSR count). The average Bonchev–Trinajstić information content (AvgIpc) is 2.85. The second-order valence-electron chi connectivity index (χ2n) is 10.7. The van der Waals surface area contributed by atoms with Crippen LogP contribution in [-0.2, 0) is 17.6 Å². The van der Waals surface area contributed by atoms with Gasteiger partial charge in [0.25, 0.3) is 0 Å². The number of anilines is 1.